The lowest BCUT2D eigenvalue weighted by molar-refractivity contribution is 0.636. The lowest BCUT2D eigenvalue weighted by Crippen LogP contribution is -2.14. The van der Waals surface area contributed by atoms with E-state index < -0.39 is 11.4 Å². The van der Waals surface area contributed by atoms with Crippen molar-refractivity contribution in [2.45, 2.75) is 13.8 Å². The Morgan fingerprint density at radius 2 is 2.00 bits per heavy atom. The highest BCUT2D eigenvalue weighted by molar-refractivity contribution is 6.06. The Bertz CT molecular complexity index is 1180. The minimum Gasteiger partial charge on any atom is -0.394 e. The molecule has 0 fully saturated rings. The van der Waals surface area contributed by atoms with Gasteiger partial charge in [-0.3, -0.25) is 9.89 Å². The van der Waals surface area contributed by atoms with Crippen LogP contribution in [0.4, 0.5) is 10.1 Å². The summed E-state index contributed by atoms with van der Waals surface area (Å²) in [5.41, 5.74) is 9.42. The zero-order chi connectivity index (χ0) is 17.0. The summed E-state index contributed by atoms with van der Waals surface area (Å²) < 4.78 is 13.9. The molecular formula is C17H14FN5O. The van der Waals surface area contributed by atoms with Gasteiger partial charge in [0, 0.05) is 22.0 Å². The highest BCUT2D eigenvalue weighted by Crippen LogP contribution is 2.36. The van der Waals surface area contributed by atoms with Gasteiger partial charge in [0.25, 0.3) is 5.56 Å². The number of fused-ring (bicyclic) bond motifs is 2. The molecule has 0 saturated carbocycles. The molecule has 7 heteroatoms. The largest absolute Gasteiger partial charge is 0.394 e. The maximum absolute atomic E-state index is 13.9. The van der Waals surface area contributed by atoms with Gasteiger partial charge in [-0.2, -0.15) is 5.10 Å². The molecule has 4 N–H and O–H groups in total. The molecule has 0 atom stereocenters. The van der Waals surface area contributed by atoms with Crippen molar-refractivity contribution >= 4 is 27.6 Å². The van der Waals surface area contributed by atoms with Gasteiger partial charge in [-0.25, -0.2) is 9.37 Å². The molecule has 0 aliphatic heterocycles. The zero-order valence-electron chi connectivity index (χ0n) is 13.1. The number of aromatic nitrogens is 4. The number of benzene rings is 1. The second-order valence-corrected chi connectivity index (χ2v) is 5.78. The van der Waals surface area contributed by atoms with E-state index in [9.17, 15) is 9.18 Å². The highest BCUT2D eigenvalue weighted by Gasteiger charge is 2.18. The third kappa shape index (κ3) is 1.91. The van der Waals surface area contributed by atoms with Crippen LogP contribution in [0.15, 0.2) is 29.2 Å². The van der Waals surface area contributed by atoms with E-state index in [1.165, 1.54) is 12.3 Å². The summed E-state index contributed by atoms with van der Waals surface area (Å²) in [6.07, 6.45) is 1.52. The van der Waals surface area contributed by atoms with Crippen LogP contribution in [0.2, 0.25) is 0 Å². The number of nitrogens with one attached hydrogen (secondary N) is 2. The van der Waals surface area contributed by atoms with E-state index >= 15 is 0 Å². The van der Waals surface area contributed by atoms with Gasteiger partial charge in [-0.15, -0.1) is 0 Å². The van der Waals surface area contributed by atoms with Crippen LogP contribution in [-0.4, -0.2) is 20.2 Å². The highest BCUT2D eigenvalue weighted by atomic mass is 19.1. The Labute approximate surface area is 135 Å². The predicted molar refractivity (Wildman–Crippen MR) is 91.3 cm³/mol. The number of nitrogen functional groups attached to an aromatic ring is 1. The third-order valence-electron chi connectivity index (χ3n) is 4.32. The molecule has 3 aromatic heterocycles. The lowest BCUT2D eigenvalue weighted by atomic mass is 9.97. The van der Waals surface area contributed by atoms with Crippen LogP contribution in [0.25, 0.3) is 33.1 Å². The van der Waals surface area contributed by atoms with E-state index in [1.54, 1.807) is 6.07 Å². The molecule has 4 aromatic rings. The standard InChI is InChI=1S/C17H14FN5O/c1-7-5-10-13(14(19)17(24)22-16(10)21-8(7)2)9-3-4-12(18)15-11(9)6-20-23-15/h3-6H,19H2,1-2H3,(H,20,23)(H,21,22,24). The molecule has 0 bridgehead atoms. The van der Waals surface area contributed by atoms with Crippen molar-refractivity contribution in [2.24, 2.45) is 0 Å². The number of anilines is 1. The summed E-state index contributed by atoms with van der Waals surface area (Å²) in [6.45, 7) is 3.81. The number of nitrogens with two attached hydrogens (primary N) is 1. The number of rotatable bonds is 1. The molecule has 6 nitrogen and oxygen atoms in total. The van der Waals surface area contributed by atoms with Crippen LogP contribution in [0, 0.1) is 19.7 Å². The van der Waals surface area contributed by atoms with Crippen LogP contribution in [0.3, 0.4) is 0 Å². The topological polar surface area (TPSA) is 100 Å². The molecule has 0 amide bonds. The number of halogens is 1. The van der Waals surface area contributed by atoms with Crippen LogP contribution in [0.5, 0.6) is 0 Å². The van der Waals surface area contributed by atoms with Crippen LogP contribution in [-0.2, 0) is 0 Å². The SMILES string of the molecule is Cc1cc2c(-c3ccc(F)c4[nH]ncc34)c(N)c(=O)[nH]c2nc1C. The number of hydrogen-bond donors (Lipinski definition) is 3. The van der Waals surface area contributed by atoms with Crippen LogP contribution >= 0.6 is 0 Å². The normalized spacial score (nSPS) is 11.5. The molecule has 120 valence electrons. The van der Waals surface area contributed by atoms with Gasteiger partial charge in [-0.1, -0.05) is 6.07 Å². The molecule has 1 aromatic carbocycles. The van der Waals surface area contributed by atoms with Crippen molar-refractivity contribution in [3.63, 3.8) is 0 Å². The Hall–Kier alpha value is -3.22. The van der Waals surface area contributed by atoms with E-state index in [0.29, 0.717) is 27.5 Å². The second kappa shape index (κ2) is 4.89. The number of aryl methyl sites for hydroxylation is 2. The monoisotopic (exact) mass is 323 g/mol. The minimum absolute atomic E-state index is 0.0710. The molecule has 0 spiro atoms. The number of aromatic amines is 2. The second-order valence-electron chi connectivity index (χ2n) is 5.78. The zero-order valence-corrected chi connectivity index (χ0v) is 13.1. The average molecular weight is 323 g/mol. The molecule has 0 aliphatic rings. The van der Waals surface area contributed by atoms with Gasteiger partial charge in [0.1, 0.15) is 22.7 Å². The number of hydrogen-bond acceptors (Lipinski definition) is 4. The number of nitrogens with zero attached hydrogens (tertiary/aromatic N) is 2. The van der Waals surface area contributed by atoms with Crippen molar-refractivity contribution in [2.75, 3.05) is 5.73 Å². The van der Waals surface area contributed by atoms with Gasteiger partial charge in [0.2, 0.25) is 0 Å². The van der Waals surface area contributed by atoms with Crippen LogP contribution in [0.1, 0.15) is 11.3 Å². The van der Waals surface area contributed by atoms with Crippen molar-refractivity contribution < 1.29 is 4.39 Å². The molecule has 3 heterocycles. The van der Waals surface area contributed by atoms with Gasteiger partial charge < -0.3 is 10.7 Å². The summed E-state index contributed by atoms with van der Waals surface area (Å²) in [5.74, 6) is -0.413. The fourth-order valence-corrected chi connectivity index (χ4v) is 2.93. The summed E-state index contributed by atoms with van der Waals surface area (Å²) in [7, 11) is 0. The molecule has 0 radical (unpaired) electrons. The van der Waals surface area contributed by atoms with E-state index in [0.717, 1.165) is 11.3 Å². The van der Waals surface area contributed by atoms with Gasteiger partial charge in [0.15, 0.2) is 0 Å². The Kier molecular flexibility index (Phi) is 2.93. The van der Waals surface area contributed by atoms with Crippen molar-refractivity contribution in [1.29, 1.82) is 0 Å². The number of pyridine rings is 2. The maximum atomic E-state index is 13.9. The summed E-state index contributed by atoms with van der Waals surface area (Å²) in [6, 6.07) is 4.86. The van der Waals surface area contributed by atoms with E-state index in [4.69, 9.17) is 5.73 Å². The quantitative estimate of drug-likeness (QED) is 0.501. The molecular weight excluding hydrogens is 309 g/mol. The fraction of sp³-hybridized carbons (Fsp3) is 0.118. The van der Waals surface area contributed by atoms with E-state index in [-0.39, 0.29) is 11.2 Å². The Morgan fingerprint density at radius 1 is 1.21 bits per heavy atom. The Morgan fingerprint density at radius 3 is 2.79 bits per heavy atom. The maximum Gasteiger partial charge on any atom is 0.273 e. The summed E-state index contributed by atoms with van der Waals surface area (Å²) >= 11 is 0. The first-order valence-corrected chi connectivity index (χ1v) is 7.39. The fourth-order valence-electron chi connectivity index (χ4n) is 2.93. The van der Waals surface area contributed by atoms with Crippen molar-refractivity contribution in [3.05, 3.63) is 51.8 Å². The third-order valence-corrected chi connectivity index (χ3v) is 4.32. The average Bonchev–Trinajstić information content (AvgIpc) is 3.03. The molecule has 0 aliphatic carbocycles. The first kappa shape index (κ1) is 14.4. The predicted octanol–water partition coefficient (Wildman–Crippen LogP) is 2.80. The molecule has 0 saturated heterocycles. The summed E-state index contributed by atoms with van der Waals surface area (Å²) in [5, 5.41) is 7.81. The van der Waals surface area contributed by atoms with Gasteiger partial charge in [-0.05, 0) is 37.1 Å². The first-order chi connectivity index (χ1) is 11.5. The van der Waals surface area contributed by atoms with Crippen LogP contribution < -0.4 is 11.3 Å². The smallest absolute Gasteiger partial charge is 0.273 e. The van der Waals surface area contributed by atoms with E-state index in [1.807, 2.05) is 19.9 Å². The Balaban J connectivity index is 2.21. The minimum atomic E-state index is -0.422. The molecule has 24 heavy (non-hydrogen) atoms. The first-order valence-electron chi connectivity index (χ1n) is 7.39. The van der Waals surface area contributed by atoms with Gasteiger partial charge in [0.05, 0.1) is 6.20 Å². The lowest BCUT2D eigenvalue weighted by Gasteiger charge is -2.12. The van der Waals surface area contributed by atoms with E-state index in [2.05, 4.69) is 20.2 Å². The van der Waals surface area contributed by atoms with Gasteiger partial charge >= 0.3 is 0 Å². The van der Waals surface area contributed by atoms with Crippen molar-refractivity contribution in [3.8, 4) is 11.1 Å². The molecule has 4 rings (SSSR count). The van der Waals surface area contributed by atoms with Crippen molar-refractivity contribution in [1.82, 2.24) is 20.2 Å². The summed E-state index contributed by atoms with van der Waals surface area (Å²) in [4.78, 5) is 19.4. The molecule has 0 unspecified atom stereocenters. The number of H-pyrrole nitrogens is 2.